The Morgan fingerprint density at radius 2 is 1.83 bits per heavy atom. The average Bonchev–Trinajstić information content (AvgIpc) is 3.64. The Bertz CT molecular complexity index is 1330. The van der Waals surface area contributed by atoms with E-state index < -0.39 is 12.8 Å². The zero-order valence-corrected chi connectivity index (χ0v) is 19.9. The van der Waals surface area contributed by atoms with E-state index in [1.54, 1.807) is 36.1 Å². The van der Waals surface area contributed by atoms with E-state index in [1.807, 2.05) is 0 Å². The molecular weight excluding hydrogens is 497 g/mol. The van der Waals surface area contributed by atoms with Crippen LogP contribution in [0.25, 0.3) is 22.0 Å². The van der Waals surface area contributed by atoms with Crippen LogP contribution < -0.4 is 9.64 Å². The third kappa shape index (κ3) is 4.94. The lowest BCUT2D eigenvalue weighted by Gasteiger charge is -2.34. The largest absolute Gasteiger partial charge is 0.484 e. The zero-order valence-electron chi connectivity index (χ0n) is 19.1. The van der Waals surface area contributed by atoms with Gasteiger partial charge in [-0.3, -0.25) is 9.78 Å². The number of hydrogen-bond donors (Lipinski definition) is 0. The van der Waals surface area contributed by atoms with Crippen LogP contribution in [-0.2, 0) is 0 Å². The van der Waals surface area contributed by atoms with Crippen molar-refractivity contribution in [1.29, 1.82) is 0 Å². The highest BCUT2D eigenvalue weighted by atomic mass is 32.1. The molecule has 0 bridgehead atoms. The topological polar surface area (TPSA) is 84.8 Å². The molecule has 0 aromatic carbocycles. The monoisotopic (exact) mass is 518 g/mol. The molecular formula is C24H21F3N4O4S. The molecule has 36 heavy (non-hydrogen) atoms. The first-order valence-corrected chi connectivity index (χ1v) is 11.9. The number of furan rings is 2. The zero-order chi connectivity index (χ0) is 25.3. The van der Waals surface area contributed by atoms with Crippen molar-refractivity contribution in [3.05, 3.63) is 60.4 Å². The van der Waals surface area contributed by atoms with Crippen molar-refractivity contribution >= 4 is 22.4 Å². The SMILES string of the molecule is Cc1c(OCC(F)(F)F)ccnc1-c1sc(N2CCN(C(=O)c3ccco3)CC2)nc1-c1ccco1. The predicted octanol–water partition coefficient (Wildman–Crippen LogP) is 5.27. The number of rotatable bonds is 6. The molecule has 188 valence electrons. The maximum absolute atomic E-state index is 12.7. The lowest BCUT2D eigenvalue weighted by Crippen LogP contribution is -2.48. The van der Waals surface area contributed by atoms with Crippen molar-refractivity contribution in [1.82, 2.24) is 14.9 Å². The summed E-state index contributed by atoms with van der Waals surface area (Å²) < 4.78 is 54.0. The lowest BCUT2D eigenvalue weighted by molar-refractivity contribution is -0.153. The first-order chi connectivity index (χ1) is 17.3. The molecule has 0 N–H and O–H groups in total. The number of halogens is 3. The Morgan fingerprint density at radius 3 is 2.50 bits per heavy atom. The molecule has 8 nitrogen and oxygen atoms in total. The Hall–Kier alpha value is -3.80. The molecule has 0 atom stereocenters. The van der Waals surface area contributed by atoms with Crippen molar-refractivity contribution in [2.24, 2.45) is 0 Å². The summed E-state index contributed by atoms with van der Waals surface area (Å²) in [5.41, 5.74) is 1.48. The molecule has 5 heterocycles. The van der Waals surface area contributed by atoms with E-state index in [1.165, 1.54) is 36.1 Å². The fraction of sp³-hybridized carbons (Fsp3) is 0.292. The minimum Gasteiger partial charge on any atom is -0.484 e. The van der Waals surface area contributed by atoms with E-state index >= 15 is 0 Å². The van der Waals surface area contributed by atoms with Gasteiger partial charge < -0.3 is 23.4 Å². The second-order valence-electron chi connectivity index (χ2n) is 8.09. The number of carbonyl (C=O) groups excluding carboxylic acids is 1. The second kappa shape index (κ2) is 9.69. The number of piperazine rings is 1. The van der Waals surface area contributed by atoms with Gasteiger partial charge in [0.1, 0.15) is 11.4 Å². The summed E-state index contributed by atoms with van der Waals surface area (Å²) in [6.45, 7) is 2.36. The summed E-state index contributed by atoms with van der Waals surface area (Å²) in [7, 11) is 0. The Morgan fingerprint density at radius 1 is 1.08 bits per heavy atom. The summed E-state index contributed by atoms with van der Waals surface area (Å²) >= 11 is 1.36. The van der Waals surface area contributed by atoms with Gasteiger partial charge in [-0.2, -0.15) is 13.2 Å². The van der Waals surface area contributed by atoms with E-state index in [4.69, 9.17) is 18.6 Å². The fourth-order valence-corrected chi connectivity index (χ4v) is 5.08. The van der Waals surface area contributed by atoms with Gasteiger partial charge in [-0.15, -0.1) is 0 Å². The Labute approximate surface area is 207 Å². The molecule has 1 saturated heterocycles. The lowest BCUT2D eigenvalue weighted by atomic mass is 10.1. The van der Waals surface area contributed by atoms with Crippen LogP contribution in [0.1, 0.15) is 16.1 Å². The van der Waals surface area contributed by atoms with Crippen LogP contribution in [0.4, 0.5) is 18.3 Å². The van der Waals surface area contributed by atoms with Gasteiger partial charge in [0.2, 0.25) is 0 Å². The number of anilines is 1. The number of nitrogens with zero attached hydrogens (tertiary/aromatic N) is 4. The number of ether oxygens (including phenoxy) is 1. The van der Waals surface area contributed by atoms with Crippen LogP contribution >= 0.6 is 11.3 Å². The number of alkyl halides is 3. The number of aromatic nitrogens is 2. The van der Waals surface area contributed by atoms with Gasteiger partial charge in [0, 0.05) is 37.9 Å². The molecule has 1 aliphatic rings. The highest BCUT2D eigenvalue weighted by Gasteiger charge is 2.30. The summed E-state index contributed by atoms with van der Waals surface area (Å²) in [5.74, 6) is 0.755. The summed E-state index contributed by atoms with van der Waals surface area (Å²) in [5, 5.41) is 0.698. The van der Waals surface area contributed by atoms with Crippen molar-refractivity contribution < 1.29 is 31.5 Å². The van der Waals surface area contributed by atoms with Gasteiger partial charge in [-0.05, 0) is 37.3 Å². The third-order valence-electron chi connectivity index (χ3n) is 5.70. The van der Waals surface area contributed by atoms with E-state index in [2.05, 4.69) is 9.88 Å². The van der Waals surface area contributed by atoms with E-state index in [9.17, 15) is 18.0 Å². The molecule has 0 saturated carbocycles. The first kappa shape index (κ1) is 23.9. The molecule has 1 aliphatic heterocycles. The Kier molecular flexibility index (Phi) is 6.44. The van der Waals surface area contributed by atoms with Crippen LogP contribution in [-0.4, -0.2) is 59.7 Å². The second-order valence-corrected chi connectivity index (χ2v) is 9.07. The van der Waals surface area contributed by atoms with Gasteiger partial charge in [-0.1, -0.05) is 11.3 Å². The number of pyridine rings is 1. The summed E-state index contributed by atoms with van der Waals surface area (Å²) in [4.78, 5) is 26.3. The molecule has 1 fully saturated rings. The van der Waals surface area contributed by atoms with Gasteiger partial charge in [-0.25, -0.2) is 4.98 Å². The normalized spacial score (nSPS) is 14.3. The summed E-state index contributed by atoms with van der Waals surface area (Å²) in [6, 6.07) is 8.23. The number of thiazole rings is 1. The molecule has 0 aliphatic carbocycles. The van der Waals surface area contributed by atoms with E-state index in [0.717, 1.165) is 0 Å². The van der Waals surface area contributed by atoms with E-state index in [-0.39, 0.29) is 11.7 Å². The molecule has 4 aromatic rings. The molecule has 12 heteroatoms. The van der Waals surface area contributed by atoms with Crippen LogP contribution in [0.5, 0.6) is 5.75 Å². The van der Waals surface area contributed by atoms with E-state index in [0.29, 0.717) is 64.7 Å². The molecule has 1 amide bonds. The maximum Gasteiger partial charge on any atom is 0.422 e. The Balaban J connectivity index is 1.42. The van der Waals surface area contributed by atoms with Gasteiger partial charge in [0.25, 0.3) is 5.91 Å². The maximum atomic E-state index is 12.7. The van der Waals surface area contributed by atoms with Gasteiger partial charge in [0.05, 0.1) is 23.1 Å². The predicted molar refractivity (Wildman–Crippen MR) is 126 cm³/mol. The smallest absolute Gasteiger partial charge is 0.422 e. The van der Waals surface area contributed by atoms with Gasteiger partial charge in [0.15, 0.2) is 23.3 Å². The van der Waals surface area contributed by atoms with Crippen molar-refractivity contribution in [3.8, 4) is 27.8 Å². The van der Waals surface area contributed by atoms with Crippen LogP contribution in [0, 0.1) is 6.92 Å². The highest BCUT2D eigenvalue weighted by molar-refractivity contribution is 7.19. The van der Waals surface area contributed by atoms with Crippen molar-refractivity contribution in [2.75, 3.05) is 37.7 Å². The fourth-order valence-electron chi connectivity index (χ4n) is 3.90. The molecule has 4 aromatic heterocycles. The number of carbonyl (C=O) groups is 1. The van der Waals surface area contributed by atoms with Crippen molar-refractivity contribution in [3.63, 3.8) is 0 Å². The summed E-state index contributed by atoms with van der Waals surface area (Å²) in [6.07, 6.45) is -0.0398. The van der Waals surface area contributed by atoms with Crippen LogP contribution in [0.2, 0.25) is 0 Å². The minimum absolute atomic E-state index is 0.0997. The first-order valence-electron chi connectivity index (χ1n) is 11.1. The number of hydrogen-bond acceptors (Lipinski definition) is 8. The molecule has 5 rings (SSSR count). The average molecular weight is 519 g/mol. The quantitative estimate of drug-likeness (QED) is 0.344. The molecule has 0 spiro atoms. The highest BCUT2D eigenvalue weighted by Crippen LogP contribution is 2.42. The standard InChI is InChI=1S/C24H21F3N4O4S/c1-15-16(35-14-24(25,26)27)6-7-28-19(15)21-20(17-4-2-12-33-17)29-23(36-21)31-10-8-30(9-11-31)22(32)18-5-3-13-34-18/h2-7,12-13H,8-11,14H2,1H3. The minimum atomic E-state index is -4.45. The van der Waals surface area contributed by atoms with Crippen LogP contribution in [0.3, 0.4) is 0 Å². The molecule has 0 unspecified atom stereocenters. The van der Waals surface area contributed by atoms with Gasteiger partial charge >= 0.3 is 6.18 Å². The number of amides is 1. The van der Waals surface area contributed by atoms with Crippen LogP contribution in [0.15, 0.2) is 57.9 Å². The third-order valence-corrected chi connectivity index (χ3v) is 6.82. The van der Waals surface area contributed by atoms with Crippen molar-refractivity contribution in [2.45, 2.75) is 13.1 Å². The molecule has 0 radical (unpaired) electrons.